The first-order valence-corrected chi connectivity index (χ1v) is 21.8. The average Bonchev–Trinajstić information content (AvgIpc) is 3.46. The van der Waals surface area contributed by atoms with Crippen LogP contribution in [0.3, 0.4) is 0 Å². The summed E-state index contributed by atoms with van der Waals surface area (Å²) in [6.45, 7) is 19.0. The zero-order valence-electron chi connectivity index (χ0n) is 34.3. The van der Waals surface area contributed by atoms with Gasteiger partial charge in [0.1, 0.15) is 0 Å². The molecule has 4 atom stereocenters. The minimum absolute atomic E-state index is 0.505. The molecule has 0 aromatic rings. The van der Waals surface area contributed by atoms with Crippen LogP contribution in [0, 0.1) is 0 Å². The summed E-state index contributed by atoms with van der Waals surface area (Å²) in [7, 11) is 11.3. The van der Waals surface area contributed by atoms with Crippen LogP contribution in [0.25, 0.3) is 0 Å². The third kappa shape index (κ3) is 11.1. The van der Waals surface area contributed by atoms with Gasteiger partial charge in [0.25, 0.3) is 0 Å². The van der Waals surface area contributed by atoms with Crippen LogP contribution in [-0.2, 0) is 0 Å². The Balaban J connectivity index is 0.000000130. The lowest BCUT2D eigenvalue weighted by atomic mass is 9.80. The lowest BCUT2D eigenvalue weighted by Crippen LogP contribution is -2.59. The third-order valence-electron chi connectivity index (χ3n) is 14.5. The van der Waals surface area contributed by atoms with Crippen LogP contribution >= 0.6 is 0 Å². The molecule has 0 amide bonds. The maximum absolute atomic E-state index is 3.72. The highest BCUT2D eigenvalue weighted by Crippen LogP contribution is 2.36. The average molecular weight is 701 g/mol. The maximum Gasteiger partial charge on any atom is 0.0336 e. The van der Waals surface area contributed by atoms with Crippen molar-refractivity contribution >= 4 is 0 Å². The van der Waals surface area contributed by atoms with E-state index in [1.165, 1.54) is 207 Å². The van der Waals surface area contributed by atoms with Gasteiger partial charge < -0.3 is 30.2 Å². The lowest BCUT2D eigenvalue weighted by Gasteiger charge is -2.51. The zero-order valence-corrected chi connectivity index (χ0v) is 34.3. The van der Waals surface area contributed by atoms with Crippen molar-refractivity contribution in [2.45, 2.75) is 151 Å². The van der Waals surface area contributed by atoms with Crippen molar-refractivity contribution < 1.29 is 0 Å². The molecule has 4 spiro atoms. The number of likely N-dealkylation sites (tertiary alicyclic amines) is 6. The maximum atomic E-state index is 3.72. The van der Waals surface area contributed by atoms with Gasteiger partial charge in [0.15, 0.2) is 0 Å². The van der Waals surface area contributed by atoms with Crippen molar-refractivity contribution in [3.05, 3.63) is 0 Å². The molecule has 0 saturated carbocycles. The van der Waals surface area contributed by atoms with Crippen molar-refractivity contribution in [3.8, 4) is 0 Å². The summed E-state index contributed by atoms with van der Waals surface area (Å²) < 4.78 is 0. The highest BCUT2D eigenvalue weighted by Gasteiger charge is 2.41. The molecule has 8 saturated heterocycles. The standard InChI is InChI=1S/C12H24N2.C11H22N2.C10H20N2.C9H18N2/c1-3-14-10-5-4-7-12(14)8-6-9-13(2)11-12;1-12-8-5-7-11(10-12)6-3-4-9-13(11)2;1-12-8-4-6-10(9-12)5-2-3-7-11-10;1-11-7-5-9(8-11)4-2-3-6-10-9/h3-11H2,1-2H3;3-10H2,1-2H3;11H,2-9H2,1H3;10H,2-8H2,1H3. The summed E-state index contributed by atoms with van der Waals surface area (Å²) in [5.41, 5.74) is 2.13. The van der Waals surface area contributed by atoms with Gasteiger partial charge in [-0.2, -0.15) is 0 Å². The summed E-state index contributed by atoms with van der Waals surface area (Å²) in [4.78, 5) is 15.3. The second-order valence-corrected chi connectivity index (χ2v) is 18.7. The van der Waals surface area contributed by atoms with Crippen molar-refractivity contribution in [1.29, 1.82) is 0 Å². The number of nitrogens with zero attached hydrogens (tertiary/aromatic N) is 6. The Labute approximate surface area is 310 Å². The van der Waals surface area contributed by atoms with E-state index in [0.717, 1.165) is 0 Å². The predicted molar refractivity (Wildman–Crippen MR) is 215 cm³/mol. The zero-order chi connectivity index (χ0) is 35.5. The molecular formula is C42H84N8. The first-order valence-electron chi connectivity index (χ1n) is 21.8. The van der Waals surface area contributed by atoms with Crippen LogP contribution in [0.15, 0.2) is 0 Å². The highest BCUT2D eigenvalue weighted by molar-refractivity contribution is 5.00. The SMILES string of the molecule is CCN1CCCCC12CCCN(C)C2.CN1CCC2(CCCCN2)C1.CN1CCCC2(CCCCN2)C1.CN1CCCC2(CCCCN2C)C1. The minimum atomic E-state index is 0.505. The largest absolute Gasteiger partial charge is 0.310 e. The molecular weight excluding hydrogens is 617 g/mol. The summed E-state index contributed by atoms with van der Waals surface area (Å²) in [6.07, 6.45) is 26.8. The van der Waals surface area contributed by atoms with Crippen molar-refractivity contribution in [1.82, 2.24) is 40.0 Å². The molecule has 4 unspecified atom stereocenters. The molecule has 0 aromatic carbocycles. The van der Waals surface area contributed by atoms with E-state index in [4.69, 9.17) is 0 Å². The van der Waals surface area contributed by atoms with Gasteiger partial charge in [-0.1, -0.05) is 32.6 Å². The van der Waals surface area contributed by atoms with Gasteiger partial charge in [-0.25, -0.2) is 0 Å². The Morgan fingerprint density at radius 3 is 1.34 bits per heavy atom. The molecule has 8 heteroatoms. The number of piperidine rings is 7. The molecule has 8 rings (SSSR count). The first kappa shape index (κ1) is 40.9. The van der Waals surface area contributed by atoms with E-state index >= 15 is 0 Å². The second-order valence-electron chi connectivity index (χ2n) is 18.7. The smallest absolute Gasteiger partial charge is 0.0336 e. The number of hydrogen-bond donors (Lipinski definition) is 2. The van der Waals surface area contributed by atoms with Crippen LogP contribution < -0.4 is 10.6 Å². The summed E-state index contributed by atoms with van der Waals surface area (Å²) >= 11 is 0. The summed E-state index contributed by atoms with van der Waals surface area (Å²) in [6, 6.07) is 0. The minimum Gasteiger partial charge on any atom is -0.310 e. The van der Waals surface area contributed by atoms with Gasteiger partial charge in [-0.15, -0.1) is 0 Å². The molecule has 8 aliphatic heterocycles. The fourth-order valence-corrected chi connectivity index (χ4v) is 11.7. The van der Waals surface area contributed by atoms with Gasteiger partial charge in [0, 0.05) is 48.3 Å². The molecule has 50 heavy (non-hydrogen) atoms. The number of nitrogens with one attached hydrogen (secondary N) is 2. The Morgan fingerprint density at radius 1 is 0.400 bits per heavy atom. The topological polar surface area (TPSA) is 43.5 Å². The van der Waals surface area contributed by atoms with Crippen LogP contribution in [0.4, 0.5) is 0 Å². The Kier molecular flexibility index (Phi) is 15.8. The monoisotopic (exact) mass is 701 g/mol. The van der Waals surface area contributed by atoms with Crippen LogP contribution in [-0.4, -0.2) is 172 Å². The fraction of sp³-hybridized carbons (Fsp3) is 1.00. The molecule has 0 bridgehead atoms. The Hall–Kier alpha value is -0.320. The Bertz CT molecular complexity index is 946. The number of likely N-dealkylation sites (N-methyl/N-ethyl adjacent to an activating group) is 6. The third-order valence-corrected chi connectivity index (χ3v) is 14.5. The molecule has 2 N–H and O–H groups in total. The van der Waals surface area contributed by atoms with E-state index in [-0.39, 0.29) is 0 Å². The second kappa shape index (κ2) is 19.3. The summed E-state index contributed by atoms with van der Waals surface area (Å²) in [5, 5.41) is 7.41. The van der Waals surface area contributed by atoms with Gasteiger partial charge >= 0.3 is 0 Å². The molecule has 0 aromatic heterocycles. The quantitative estimate of drug-likeness (QED) is 0.368. The van der Waals surface area contributed by atoms with Crippen molar-refractivity contribution in [3.63, 3.8) is 0 Å². The van der Waals surface area contributed by atoms with E-state index < -0.39 is 0 Å². The van der Waals surface area contributed by atoms with E-state index in [1.807, 2.05) is 0 Å². The fourth-order valence-electron chi connectivity index (χ4n) is 11.7. The molecule has 8 aliphatic rings. The molecule has 0 aliphatic carbocycles. The van der Waals surface area contributed by atoms with E-state index in [9.17, 15) is 0 Å². The van der Waals surface area contributed by atoms with E-state index in [2.05, 4.69) is 82.2 Å². The van der Waals surface area contributed by atoms with E-state index in [0.29, 0.717) is 22.2 Å². The van der Waals surface area contributed by atoms with Gasteiger partial charge in [0.2, 0.25) is 0 Å². The molecule has 8 fully saturated rings. The van der Waals surface area contributed by atoms with Crippen LogP contribution in [0.2, 0.25) is 0 Å². The lowest BCUT2D eigenvalue weighted by molar-refractivity contribution is -0.00577. The normalized spacial score (nSPS) is 38.3. The van der Waals surface area contributed by atoms with Gasteiger partial charge in [-0.3, -0.25) is 9.80 Å². The first-order chi connectivity index (χ1) is 24.1. The van der Waals surface area contributed by atoms with Gasteiger partial charge in [0.05, 0.1) is 0 Å². The summed E-state index contributed by atoms with van der Waals surface area (Å²) in [5.74, 6) is 0. The molecule has 292 valence electrons. The van der Waals surface area contributed by atoms with Crippen LogP contribution in [0.1, 0.15) is 129 Å². The van der Waals surface area contributed by atoms with E-state index in [1.54, 1.807) is 0 Å². The predicted octanol–water partition coefficient (Wildman–Crippen LogP) is 5.58. The molecule has 8 heterocycles. The van der Waals surface area contributed by atoms with Crippen molar-refractivity contribution in [2.24, 2.45) is 0 Å². The number of rotatable bonds is 1. The van der Waals surface area contributed by atoms with Gasteiger partial charge in [-0.05, 0) is 190 Å². The molecule has 8 nitrogen and oxygen atoms in total. The highest BCUT2D eigenvalue weighted by atomic mass is 15.3. The molecule has 0 radical (unpaired) electrons. The number of hydrogen-bond acceptors (Lipinski definition) is 8. The Morgan fingerprint density at radius 2 is 0.840 bits per heavy atom. The van der Waals surface area contributed by atoms with Crippen molar-refractivity contribution in [2.75, 3.05) is 120 Å². The van der Waals surface area contributed by atoms with Crippen LogP contribution in [0.5, 0.6) is 0 Å².